The third-order valence-corrected chi connectivity index (χ3v) is 3.93. The first-order valence-electron chi connectivity index (χ1n) is 6.40. The Labute approximate surface area is 106 Å². The summed E-state index contributed by atoms with van der Waals surface area (Å²) < 4.78 is 5.30. The largest absolute Gasteiger partial charge is 0.481 e. The molecule has 2 amide bonds. The average Bonchev–Trinajstić information content (AvgIpc) is 2.71. The lowest BCUT2D eigenvalue weighted by atomic mass is 10.0. The van der Waals surface area contributed by atoms with Crippen LogP contribution in [0.25, 0.3) is 0 Å². The highest BCUT2D eigenvalue weighted by Gasteiger charge is 2.40. The van der Waals surface area contributed by atoms with Gasteiger partial charge in [0.1, 0.15) is 0 Å². The molecule has 0 spiro atoms. The van der Waals surface area contributed by atoms with Gasteiger partial charge in [-0.2, -0.15) is 0 Å². The molecule has 0 radical (unpaired) electrons. The van der Waals surface area contributed by atoms with E-state index in [2.05, 4.69) is 0 Å². The van der Waals surface area contributed by atoms with Crippen LogP contribution in [0.3, 0.4) is 0 Å². The second-order valence-corrected chi connectivity index (χ2v) is 5.07. The maximum absolute atomic E-state index is 12.4. The fourth-order valence-electron chi connectivity index (χ4n) is 2.72. The fraction of sp³-hybridized carbons (Fsp3) is 0.833. The molecule has 6 heteroatoms. The second-order valence-electron chi connectivity index (χ2n) is 5.07. The van der Waals surface area contributed by atoms with Gasteiger partial charge in [0.2, 0.25) is 0 Å². The molecule has 1 N–H and O–H groups in total. The van der Waals surface area contributed by atoms with Gasteiger partial charge >= 0.3 is 12.0 Å². The number of nitrogens with zero attached hydrogens (tertiary/aromatic N) is 2. The van der Waals surface area contributed by atoms with E-state index in [4.69, 9.17) is 9.84 Å². The van der Waals surface area contributed by atoms with Crippen molar-refractivity contribution >= 4 is 12.0 Å². The number of hydrogen-bond acceptors (Lipinski definition) is 3. The Morgan fingerprint density at radius 1 is 1.22 bits per heavy atom. The van der Waals surface area contributed by atoms with Crippen molar-refractivity contribution in [3.63, 3.8) is 0 Å². The van der Waals surface area contributed by atoms with Crippen molar-refractivity contribution in [2.45, 2.75) is 32.4 Å². The number of amides is 2. The first-order valence-corrected chi connectivity index (χ1v) is 6.40. The molecule has 0 aliphatic carbocycles. The third-order valence-electron chi connectivity index (χ3n) is 3.93. The van der Waals surface area contributed by atoms with Crippen LogP contribution in [0.1, 0.15) is 20.3 Å². The second kappa shape index (κ2) is 5.14. The number of likely N-dealkylation sites (tertiary alicyclic amines) is 1. The van der Waals surface area contributed by atoms with Gasteiger partial charge in [-0.1, -0.05) is 0 Å². The molecular formula is C12H20N2O4. The molecule has 18 heavy (non-hydrogen) atoms. The minimum Gasteiger partial charge on any atom is -0.481 e. The molecule has 0 saturated carbocycles. The monoisotopic (exact) mass is 256 g/mol. The summed E-state index contributed by atoms with van der Waals surface area (Å²) in [5.41, 5.74) is 0. The minimum absolute atomic E-state index is 0.0537. The van der Waals surface area contributed by atoms with Crippen molar-refractivity contribution in [2.24, 2.45) is 5.92 Å². The molecular weight excluding hydrogens is 236 g/mol. The lowest BCUT2D eigenvalue weighted by molar-refractivity contribution is -0.142. The van der Waals surface area contributed by atoms with Crippen LogP contribution in [0, 0.1) is 5.92 Å². The number of rotatable bonds is 1. The highest BCUT2D eigenvalue weighted by Crippen LogP contribution is 2.26. The number of carboxylic acids is 1. The topological polar surface area (TPSA) is 70.1 Å². The van der Waals surface area contributed by atoms with Gasteiger partial charge < -0.3 is 19.6 Å². The predicted molar refractivity (Wildman–Crippen MR) is 64.3 cm³/mol. The Balaban J connectivity index is 2.03. The predicted octanol–water partition coefficient (Wildman–Crippen LogP) is 0.622. The van der Waals surface area contributed by atoms with E-state index < -0.39 is 11.9 Å². The SMILES string of the molecule is CC1COCCN1C(=O)N1CCC(C(=O)O)C1C. The van der Waals surface area contributed by atoms with E-state index >= 15 is 0 Å². The van der Waals surface area contributed by atoms with Crippen LogP contribution in [0.4, 0.5) is 4.79 Å². The number of carboxylic acid groups (broad SMARTS) is 1. The van der Waals surface area contributed by atoms with Crippen LogP contribution in [0.2, 0.25) is 0 Å². The van der Waals surface area contributed by atoms with Gasteiger partial charge in [-0.3, -0.25) is 4.79 Å². The fourth-order valence-corrected chi connectivity index (χ4v) is 2.72. The number of urea groups is 1. The van der Waals surface area contributed by atoms with E-state index in [1.807, 2.05) is 13.8 Å². The zero-order valence-corrected chi connectivity index (χ0v) is 10.8. The Morgan fingerprint density at radius 3 is 2.50 bits per heavy atom. The number of ether oxygens (including phenoxy) is 1. The molecule has 2 rings (SSSR count). The van der Waals surface area contributed by atoms with E-state index in [1.165, 1.54) is 0 Å². The van der Waals surface area contributed by atoms with E-state index in [1.54, 1.807) is 9.80 Å². The molecule has 0 aromatic heterocycles. The van der Waals surface area contributed by atoms with Gasteiger partial charge in [0.15, 0.2) is 0 Å². The molecule has 2 saturated heterocycles. The van der Waals surface area contributed by atoms with Crippen LogP contribution >= 0.6 is 0 Å². The van der Waals surface area contributed by atoms with Crippen LogP contribution < -0.4 is 0 Å². The Hall–Kier alpha value is -1.30. The number of morpholine rings is 1. The number of hydrogen-bond donors (Lipinski definition) is 1. The summed E-state index contributed by atoms with van der Waals surface area (Å²) in [5.74, 6) is -1.25. The molecule has 3 atom stereocenters. The van der Waals surface area contributed by atoms with E-state index in [-0.39, 0.29) is 18.1 Å². The van der Waals surface area contributed by atoms with Gasteiger partial charge in [-0.05, 0) is 20.3 Å². The van der Waals surface area contributed by atoms with Gasteiger partial charge in [0, 0.05) is 19.1 Å². The Morgan fingerprint density at radius 2 is 1.94 bits per heavy atom. The lowest BCUT2D eigenvalue weighted by Gasteiger charge is -2.37. The summed E-state index contributed by atoms with van der Waals surface area (Å²) in [6.07, 6.45) is 0.543. The summed E-state index contributed by atoms with van der Waals surface area (Å²) in [6, 6.07) is -0.227. The summed E-state index contributed by atoms with van der Waals surface area (Å²) in [6.45, 7) is 5.99. The molecule has 0 aromatic carbocycles. The summed E-state index contributed by atoms with van der Waals surface area (Å²) in [7, 11) is 0. The average molecular weight is 256 g/mol. The molecule has 6 nitrogen and oxygen atoms in total. The summed E-state index contributed by atoms with van der Waals surface area (Å²) in [5, 5.41) is 9.07. The zero-order chi connectivity index (χ0) is 13.3. The molecule has 2 heterocycles. The van der Waals surface area contributed by atoms with Crippen molar-refractivity contribution in [2.75, 3.05) is 26.3 Å². The van der Waals surface area contributed by atoms with Crippen LogP contribution in [-0.4, -0.2) is 65.3 Å². The third kappa shape index (κ3) is 2.29. The van der Waals surface area contributed by atoms with E-state index in [0.29, 0.717) is 32.7 Å². The first-order chi connectivity index (χ1) is 8.52. The van der Waals surface area contributed by atoms with Crippen LogP contribution in [-0.2, 0) is 9.53 Å². The van der Waals surface area contributed by atoms with Gasteiger partial charge in [-0.25, -0.2) is 4.79 Å². The smallest absolute Gasteiger partial charge is 0.320 e. The molecule has 2 fully saturated rings. The van der Waals surface area contributed by atoms with Crippen molar-refractivity contribution in [3.8, 4) is 0 Å². The van der Waals surface area contributed by atoms with Crippen molar-refractivity contribution in [1.82, 2.24) is 9.80 Å². The van der Waals surface area contributed by atoms with Gasteiger partial charge in [0.25, 0.3) is 0 Å². The number of aliphatic carboxylic acids is 1. The van der Waals surface area contributed by atoms with Gasteiger partial charge in [-0.15, -0.1) is 0 Å². The van der Waals surface area contributed by atoms with E-state index in [0.717, 1.165) is 0 Å². The quantitative estimate of drug-likeness (QED) is 0.746. The van der Waals surface area contributed by atoms with Crippen molar-refractivity contribution in [1.29, 1.82) is 0 Å². The normalized spacial score (nSPS) is 32.7. The molecule has 3 unspecified atom stereocenters. The van der Waals surface area contributed by atoms with Crippen molar-refractivity contribution < 1.29 is 19.4 Å². The lowest BCUT2D eigenvalue weighted by Crippen LogP contribution is -2.53. The van der Waals surface area contributed by atoms with Crippen molar-refractivity contribution in [3.05, 3.63) is 0 Å². The maximum Gasteiger partial charge on any atom is 0.320 e. The van der Waals surface area contributed by atoms with Crippen LogP contribution in [0.5, 0.6) is 0 Å². The first kappa shape index (κ1) is 13.1. The molecule has 102 valence electrons. The molecule has 2 aliphatic heterocycles. The maximum atomic E-state index is 12.4. The minimum atomic E-state index is -0.812. The molecule has 0 aromatic rings. The molecule has 2 aliphatic rings. The van der Waals surface area contributed by atoms with E-state index in [9.17, 15) is 9.59 Å². The highest BCUT2D eigenvalue weighted by atomic mass is 16.5. The van der Waals surface area contributed by atoms with Crippen LogP contribution in [0.15, 0.2) is 0 Å². The number of carbonyl (C=O) groups is 2. The Bertz CT molecular complexity index is 347. The highest BCUT2D eigenvalue weighted by molar-refractivity contribution is 5.78. The standard InChI is InChI=1S/C12H20N2O4/c1-8-7-18-6-5-13(8)12(17)14-4-3-10(9(14)2)11(15)16/h8-10H,3-7H2,1-2H3,(H,15,16). The van der Waals surface area contributed by atoms with Gasteiger partial charge in [0.05, 0.1) is 25.2 Å². The number of carbonyl (C=O) groups excluding carboxylic acids is 1. The molecule has 0 bridgehead atoms. The summed E-state index contributed by atoms with van der Waals surface area (Å²) >= 11 is 0. The summed E-state index contributed by atoms with van der Waals surface area (Å²) in [4.78, 5) is 26.9. The Kier molecular flexibility index (Phi) is 3.75. The zero-order valence-electron chi connectivity index (χ0n) is 10.8.